The average molecular weight is 436 g/mol. The van der Waals surface area contributed by atoms with Gasteiger partial charge in [-0.25, -0.2) is 9.78 Å². The van der Waals surface area contributed by atoms with E-state index >= 15 is 0 Å². The average Bonchev–Trinajstić information content (AvgIpc) is 2.95. The van der Waals surface area contributed by atoms with Crippen LogP contribution < -0.4 is 16.7 Å². The summed E-state index contributed by atoms with van der Waals surface area (Å²) in [4.78, 5) is 29.6. The largest absolute Gasteiger partial charge is 0.355 e. The van der Waals surface area contributed by atoms with Gasteiger partial charge >= 0.3 is 5.69 Å². The van der Waals surface area contributed by atoms with E-state index in [-0.39, 0.29) is 18.1 Å². The highest BCUT2D eigenvalue weighted by Crippen LogP contribution is 2.28. The summed E-state index contributed by atoms with van der Waals surface area (Å²) in [7, 11) is 0. The number of carbonyl (C=O) groups excluding carboxylic acids is 1. The molecular weight excluding hydrogens is 413 g/mol. The molecule has 0 fully saturated rings. The number of fused-ring (bicyclic) bond motifs is 1. The van der Waals surface area contributed by atoms with Gasteiger partial charge in [0.2, 0.25) is 5.91 Å². The first-order chi connectivity index (χ1) is 13.9. The Labute approximate surface area is 178 Å². The molecule has 1 amide bonds. The second-order valence-corrected chi connectivity index (χ2v) is 7.56. The summed E-state index contributed by atoms with van der Waals surface area (Å²) < 4.78 is 2.99. The molecule has 0 atom stereocenters. The minimum Gasteiger partial charge on any atom is -0.355 e. The number of aryl methyl sites for hydroxylation is 1. The second-order valence-electron chi connectivity index (χ2n) is 6.68. The molecule has 9 heteroatoms. The highest BCUT2D eigenvalue weighted by atomic mass is 35.5. The number of rotatable bonds is 8. The predicted octanol–water partition coefficient (Wildman–Crippen LogP) is 3.05. The van der Waals surface area contributed by atoms with Crippen LogP contribution in [0.4, 0.5) is 0 Å². The Bertz CT molecular complexity index is 1070. The predicted molar refractivity (Wildman–Crippen MR) is 116 cm³/mol. The van der Waals surface area contributed by atoms with Crippen molar-refractivity contribution in [2.45, 2.75) is 32.9 Å². The van der Waals surface area contributed by atoms with Crippen molar-refractivity contribution in [3.8, 4) is 11.1 Å². The first-order valence-electron chi connectivity index (χ1n) is 9.47. The van der Waals surface area contributed by atoms with Crippen LogP contribution in [0.5, 0.6) is 0 Å². The summed E-state index contributed by atoms with van der Waals surface area (Å²) in [5, 5.41) is 3.85. The lowest BCUT2D eigenvalue weighted by molar-refractivity contribution is -0.121. The zero-order valence-electron chi connectivity index (χ0n) is 16.1. The molecule has 3 aromatic rings. The Balaban J connectivity index is 1.95. The number of aromatic nitrogens is 3. The van der Waals surface area contributed by atoms with Crippen LogP contribution in [0.2, 0.25) is 10.0 Å². The van der Waals surface area contributed by atoms with Crippen molar-refractivity contribution in [3.05, 3.63) is 51.0 Å². The number of unbranched alkanes of at least 4 members (excludes halogenated alkanes) is 1. The summed E-state index contributed by atoms with van der Waals surface area (Å²) in [6.07, 6.45) is 3.30. The van der Waals surface area contributed by atoms with Gasteiger partial charge in [-0.1, -0.05) is 23.2 Å². The summed E-state index contributed by atoms with van der Waals surface area (Å²) >= 11 is 12.2. The molecule has 2 heterocycles. The standard InChI is InChI=1S/C20H23Cl2N5O2/c1-2-26-17-9-14(13-7-15(21)10-16(22)8-13)11-25-19(17)27(20(26)29)12-18(28)24-6-4-3-5-23/h7-11H,2-6,12,23H2,1H3,(H,24,28). The van der Waals surface area contributed by atoms with E-state index in [1.165, 1.54) is 4.57 Å². The quantitative estimate of drug-likeness (QED) is 0.531. The van der Waals surface area contributed by atoms with Gasteiger partial charge in [0, 0.05) is 34.9 Å². The van der Waals surface area contributed by atoms with E-state index in [0.29, 0.717) is 40.8 Å². The normalized spacial score (nSPS) is 11.2. The van der Waals surface area contributed by atoms with Crippen LogP contribution in [0.25, 0.3) is 22.3 Å². The van der Waals surface area contributed by atoms with E-state index in [1.54, 1.807) is 29.0 Å². The lowest BCUT2D eigenvalue weighted by Crippen LogP contribution is -2.33. The smallest absolute Gasteiger partial charge is 0.330 e. The number of nitrogens with zero attached hydrogens (tertiary/aromatic N) is 3. The molecule has 1 aromatic carbocycles. The first-order valence-corrected chi connectivity index (χ1v) is 10.2. The molecule has 0 aliphatic rings. The lowest BCUT2D eigenvalue weighted by Gasteiger charge is -2.06. The van der Waals surface area contributed by atoms with Crippen LogP contribution in [0.15, 0.2) is 35.3 Å². The number of nitrogens with one attached hydrogen (secondary N) is 1. The van der Waals surface area contributed by atoms with Crippen molar-refractivity contribution >= 4 is 40.3 Å². The van der Waals surface area contributed by atoms with Crippen molar-refractivity contribution in [1.82, 2.24) is 19.4 Å². The minimum absolute atomic E-state index is 0.0830. The monoisotopic (exact) mass is 435 g/mol. The SMILES string of the molecule is CCn1c(=O)n(CC(=O)NCCCCN)c2ncc(-c3cc(Cl)cc(Cl)c3)cc21. The molecule has 0 bridgehead atoms. The fraction of sp³-hybridized carbons (Fsp3) is 0.350. The zero-order valence-corrected chi connectivity index (χ0v) is 17.6. The van der Waals surface area contributed by atoms with Crippen LogP contribution in [0.3, 0.4) is 0 Å². The van der Waals surface area contributed by atoms with Crippen molar-refractivity contribution in [1.29, 1.82) is 0 Å². The maximum atomic E-state index is 12.8. The number of pyridine rings is 1. The van der Waals surface area contributed by atoms with E-state index in [0.717, 1.165) is 24.0 Å². The van der Waals surface area contributed by atoms with E-state index in [1.807, 2.05) is 13.0 Å². The Hall–Kier alpha value is -2.35. The summed E-state index contributed by atoms with van der Waals surface area (Å²) in [6, 6.07) is 7.10. The Morgan fingerprint density at radius 1 is 1.10 bits per heavy atom. The maximum Gasteiger partial charge on any atom is 0.330 e. The molecule has 7 nitrogen and oxygen atoms in total. The number of imidazole rings is 1. The number of amides is 1. The molecule has 2 aromatic heterocycles. The van der Waals surface area contributed by atoms with Gasteiger partial charge in [-0.15, -0.1) is 0 Å². The molecule has 0 spiro atoms. The Morgan fingerprint density at radius 3 is 2.48 bits per heavy atom. The van der Waals surface area contributed by atoms with Gasteiger partial charge in [-0.05, 0) is 56.1 Å². The highest BCUT2D eigenvalue weighted by Gasteiger charge is 2.17. The fourth-order valence-electron chi connectivity index (χ4n) is 3.22. The number of hydrogen-bond acceptors (Lipinski definition) is 4. The minimum atomic E-state index is -0.270. The third-order valence-electron chi connectivity index (χ3n) is 4.62. The molecule has 0 saturated heterocycles. The van der Waals surface area contributed by atoms with Crippen LogP contribution in [0.1, 0.15) is 19.8 Å². The number of benzene rings is 1. The van der Waals surface area contributed by atoms with E-state index in [2.05, 4.69) is 10.3 Å². The van der Waals surface area contributed by atoms with Gasteiger partial charge in [0.05, 0.1) is 5.52 Å². The number of hydrogen-bond donors (Lipinski definition) is 2. The summed E-state index contributed by atoms with van der Waals surface area (Å²) in [5.41, 5.74) is 7.89. The van der Waals surface area contributed by atoms with Crippen LogP contribution in [-0.2, 0) is 17.9 Å². The molecule has 0 aliphatic heterocycles. The Morgan fingerprint density at radius 2 is 1.83 bits per heavy atom. The topological polar surface area (TPSA) is 94.9 Å². The van der Waals surface area contributed by atoms with Crippen LogP contribution in [-0.4, -0.2) is 33.1 Å². The van der Waals surface area contributed by atoms with Crippen molar-refractivity contribution in [2.75, 3.05) is 13.1 Å². The maximum absolute atomic E-state index is 12.8. The van der Waals surface area contributed by atoms with E-state index < -0.39 is 0 Å². The van der Waals surface area contributed by atoms with Crippen LogP contribution in [0, 0.1) is 0 Å². The number of carbonyl (C=O) groups is 1. The molecule has 0 saturated carbocycles. The van der Waals surface area contributed by atoms with Crippen molar-refractivity contribution < 1.29 is 4.79 Å². The molecule has 0 unspecified atom stereocenters. The molecule has 0 aliphatic carbocycles. The molecule has 29 heavy (non-hydrogen) atoms. The van der Waals surface area contributed by atoms with E-state index in [9.17, 15) is 9.59 Å². The van der Waals surface area contributed by atoms with Gasteiger partial charge in [-0.3, -0.25) is 13.9 Å². The molecule has 3 rings (SSSR count). The number of nitrogens with two attached hydrogens (primary N) is 1. The third kappa shape index (κ3) is 4.80. The van der Waals surface area contributed by atoms with Gasteiger partial charge < -0.3 is 11.1 Å². The molecule has 154 valence electrons. The van der Waals surface area contributed by atoms with Crippen LogP contribution >= 0.6 is 23.2 Å². The number of halogens is 2. The molecule has 3 N–H and O–H groups in total. The summed E-state index contributed by atoms with van der Waals surface area (Å²) in [5.74, 6) is -0.230. The third-order valence-corrected chi connectivity index (χ3v) is 5.06. The van der Waals surface area contributed by atoms with Crippen molar-refractivity contribution in [3.63, 3.8) is 0 Å². The summed E-state index contributed by atoms with van der Waals surface area (Å²) in [6.45, 7) is 3.37. The fourth-order valence-corrected chi connectivity index (χ4v) is 3.74. The van der Waals surface area contributed by atoms with Gasteiger partial charge in [-0.2, -0.15) is 0 Å². The lowest BCUT2D eigenvalue weighted by atomic mass is 10.1. The van der Waals surface area contributed by atoms with E-state index in [4.69, 9.17) is 28.9 Å². The molecule has 0 radical (unpaired) electrons. The van der Waals surface area contributed by atoms with Crippen molar-refractivity contribution in [2.24, 2.45) is 5.73 Å². The van der Waals surface area contributed by atoms with Gasteiger partial charge in [0.1, 0.15) is 6.54 Å². The van der Waals surface area contributed by atoms with Gasteiger partial charge in [0.15, 0.2) is 5.65 Å². The zero-order chi connectivity index (χ0) is 21.0. The highest BCUT2D eigenvalue weighted by molar-refractivity contribution is 6.35. The first kappa shape index (κ1) is 21.4. The second kappa shape index (κ2) is 9.43. The Kier molecular flexibility index (Phi) is 6.95. The van der Waals surface area contributed by atoms with Gasteiger partial charge in [0.25, 0.3) is 0 Å². The molecular formula is C20H23Cl2N5O2.